The van der Waals surface area contributed by atoms with Gasteiger partial charge in [0, 0.05) is 44.4 Å². The summed E-state index contributed by atoms with van der Waals surface area (Å²) >= 11 is 1.75. The topological polar surface area (TPSA) is 64.7 Å². The first-order chi connectivity index (χ1) is 8.72. The Bertz CT molecular complexity index is 318. The molecule has 2 aliphatic rings. The molecule has 0 aliphatic carbocycles. The molecule has 6 nitrogen and oxygen atoms in total. The quantitative estimate of drug-likeness (QED) is 0.750. The Morgan fingerprint density at radius 3 is 2.42 bits per heavy atom. The van der Waals surface area contributed by atoms with Crippen LogP contribution in [0.5, 0.6) is 0 Å². The van der Waals surface area contributed by atoms with Gasteiger partial charge in [-0.1, -0.05) is 0 Å². The number of nitrogens with one attached hydrogen (secondary N) is 2. The predicted molar refractivity (Wildman–Crippen MR) is 78.7 cm³/mol. The van der Waals surface area contributed by atoms with E-state index >= 15 is 0 Å². The Balaban J connectivity index is 0.00000180. The van der Waals surface area contributed by atoms with E-state index in [2.05, 4.69) is 10.6 Å². The van der Waals surface area contributed by atoms with Gasteiger partial charge in [-0.2, -0.15) is 0 Å². The molecule has 110 valence electrons. The number of rotatable bonds is 2. The molecular formula is C11H21ClN4O2S. The number of carbonyl (C=O) groups is 2. The first-order valence-corrected chi connectivity index (χ1v) is 7.50. The summed E-state index contributed by atoms with van der Waals surface area (Å²) in [5.41, 5.74) is 0. The van der Waals surface area contributed by atoms with Crippen molar-refractivity contribution in [3.8, 4) is 0 Å². The minimum atomic E-state index is -0.0361. The highest BCUT2D eigenvalue weighted by Gasteiger charge is 2.30. The number of halogens is 1. The van der Waals surface area contributed by atoms with Crippen molar-refractivity contribution in [3.05, 3.63) is 0 Å². The lowest BCUT2D eigenvalue weighted by molar-refractivity contribution is -0.134. The van der Waals surface area contributed by atoms with Gasteiger partial charge >= 0.3 is 6.03 Å². The van der Waals surface area contributed by atoms with Crippen molar-refractivity contribution >= 4 is 36.1 Å². The Hall–Kier alpha value is -0.660. The van der Waals surface area contributed by atoms with Crippen LogP contribution >= 0.6 is 24.2 Å². The molecule has 0 aromatic rings. The molecule has 0 aromatic carbocycles. The number of carbonyl (C=O) groups excluding carboxylic acids is 2. The Morgan fingerprint density at radius 2 is 1.89 bits per heavy atom. The van der Waals surface area contributed by atoms with Crippen molar-refractivity contribution in [1.29, 1.82) is 0 Å². The average Bonchev–Trinajstić information content (AvgIpc) is 2.92. The first-order valence-electron chi connectivity index (χ1n) is 6.35. The highest BCUT2D eigenvalue weighted by atomic mass is 35.5. The zero-order valence-electron chi connectivity index (χ0n) is 11.1. The minimum Gasteiger partial charge on any atom is -0.338 e. The Morgan fingerprint density at radius 1 is 1.26 bits per heavy atom. The fraction of sp³-hybridized carbons (Fsp3) is 0.818. The van der Waals surface area contributed by atoms with E-state index in [1.807, 2.05) is 11.8 Å². The van der Waals surface area contributed by atoms with E-state index in [9.17, 15) is 9.59 Å². The minimum absolute atomic E-state index is 0. The van der Waals surface area contributed by atoms with Gasteiger partial charge in [0.1, 0.15) is 0 Å². The van der Waals surface area contributed by atoms with Crippen LogP contribution in [0, 0.1) is 0 Å². The van der Waals surface area contributed by atoms with Crippen LogP contribution in [0.2, 0.25) is 0 Å². The summed E-state index contributed by atoms with van der Waals surface area (Å²) in [4.78, 5) is 27.4. The van der Waals surface area contributed by atoms with Crippen molar-refractivity contribution in [2.24, 2.45) is 0 Å². The second-order valence-electron chi connectivity index (χ2n) is 4.42. The molecule has 8 heteroatoms. The third kappa shape index (κ3) is 4.15. The monoisotopic (exact) mass is 308 g/mol. The lowest BCUT2D eigenvalue weighted by Gasteiger charge is -2.35. The first kappa shape index (κ1) is 16.4. The van der Waals surface area contributed by atoms with E-state index in [1.165, 1.54) is 0 Å². The van der Waals surface area contributed by atoms with Gasteiger partial charge in [0.25, 0.3) is 0 Å². The molecule has 2 N–H and O–H groups in total. The summed E-state index contributed by atoms with van der Waals surface area (Å²) in [7, 11) is 0. The maximum atomic E-state index is 12.1. The van der Waals surface area contributed by atoms with Crippen molar-refractivity contribution in [3.63, 3.8) is 0 Å². The zero-order valence-corrected chi connectivity index (χ0v) is 12.7. The van der Waals surface area contributed by atoms with Crippen LogP contribution in [-0.4, -0.2) is 72.1 Å². The smallest absolute Gasteiger partial charge is 0.317 e. The van der Waals surface area contributed by atoms with E-state index in [0.29, 0.717) is 32.7 Å². The van der Waals surface area contributed by atoms with Crippen molar-refractivity contribution in [2.75, 3.05) is 44.4 Å². The van der Waals surface area contributed by atoms with Crippen LogP contribution in [0.25, 0.3) is 0 Å². The molecule has 1 unspecified atom stereocenters. The standard InChI is InChI=1S/C11H20N4O2S.ClH/c1-2-12-11(17)15-5-3-14(4-6-15)10(16)9-7-18-8-13-9;/h9,13H,2-8H2,1H3,(H,12,17);1H. The molecule has 0 radical (unpaired) electrons. The highest BCUT2D eigenvalue weighted by molar-refractivity contribution is 7.99. The maximum Gasteiger partial charge on any atom is 0.317 e. The third-order valence-electron chi connectivity index (χ3n) is 3.22. The molecule has 2 fully saturated rings. The van der Waals surface area contributed by atoms with E-state index in [1.54, 1.807) is 16.7 Å². The molecular weight excluding hydrogens is 288 g/mol. The van der Waals surface area contributed by atoms with Crippen LogP contribution < -0.4 is 10.6 Å². The van der Waals surface area contributed by atoms with Crippen molar-refractivity contribution in [1.82, 2.24) is 20.4 Å². The van der Waals surface area contributed by atoms with Gasteiger partial charge in [0.05, 0.1) is 6.04 Å². The normalized spacial score (nSPS) is 22.9. The molecule has 2 heterocycles. The van der Waals surface area contributed by atoms with E-state index < -0.39 is 0 Å². The zero-order chi connectivity index (χ0) is 13.0. The van der Waals surface area contributed by atoms with Crippen molar-refractivity contribution < 1.29 is 9.59 Å². The fourth-order valence-electron chi connectivity index (χ4n) is 2.17. The largest absolute Gasteiger partial charge is 0.338 e. The van der Waals surface area contributed by atoms with Gasteiger partial charge < -0.3 is 15.1 Å². The molecule has 3 amide bonds. The van der Waals surface area contributed by atoms with Crippen LogP contribution in [0.3, 0.4) is 0 Å². The van der Waals surface area contributed by atoms with Gasteiger partial charge in [0.15, 0.2) is 0 Å². The van der Waals surface area contributed by atoms with E-state index in [0.717, 1.165) is 11.6 Å². The lowest BCUT2D eigenvalue weighted by Crippen LogP contribution is -2.56. The summed E-state index contributed by atoms with van der Waals surface area (Å²) in [6, 6.07) is -0.0647. The summed E-state index contributed by atoms with van der Waals surface area (Å²) in [6.45, 7) is 5.06. The molecule has 2 saturated heterocycles. The number of urea groups is 1. The number of piperazine rings is 1. The maximum absolute atomic E-state index is 12.1. The molecule has 0 aromatic heterocycles. The van der Waals surface area contributed by atoms with Gasteiger partial charge in [0.2, 0.25) is 5.91 Å². The summed E-state index contributed by atoms with van der Waals surface area (Å²) < 4.78 is 0. The van der Waals surface area contributed by atoms with Gasteiger partial charge in [-0.05, 0) is 6.92 Å². The lowest BCUT2D eigenvalue weighted by atomic mass is 10.2. The average molecular weight is 309 g/mol. The van der Waals surface area contributed by atoms with Crippen LogP contribution in [0.1, 0.15) is 6.92 Å². The molecule has 0 bridgehead atoms. The number of amides is 3. The van der Waals surface area contributed by atoms with Gasteiger partial charge in [-0.3, -0.25) is 10.1 Å². The molecule has 0 saturated carbocycles. The molecule has 2 aliphatic heterocycles. The highest BCUT2D eigenvalue weighted by Crippen LogP contribution is 2.13. The second kappa shape index (κ2) is 7.81. The van der Waals surface area contributed by atoms with Gasteiger partial charge in [-0.15, -0.1) is 24.2 Å². The second-order valence-corrected chi connectivity index (χ2v) is 5.45. The van der Waals surface area contributed by atoms with E-state index in [-0.39, 0.29) is 30.4 Å². The van der Waals surface area contributed by atoms with Gasteiger partial charge in [-0.25, -0.2) is 4.79 Å². The summed E-state index contributed by atoms with van der Waals surface area (Å²) in [6.07, 6.45) is 0. The molecule has 1 atom stereocenters. The van der Waals surface area contributed by atoms with Crippen LogP contribution in [0.4, 0.5) is 4.79 Å². The van der Waals surface area contributed by atoms with Crippen LogP contribution in [-0.2, 0) is 4.79 Å². The van der Waals surface area contributed by atoms with Crippen LogP contribution in [0.15, 0.2) is 0 Å². The third-order valence-corrected chi connectivity index (χ3v) is 4.16. The van der Waals surface area contributed by atoms with Crippen molar-refractivity contribution in [2.45, 2.75) is 13.0 Å². The Kier molecular flexibility index (Phi) is 6.74. The number of hydrogen-bond acceptors (Lipinski definition) is 4. The number of hydrogen-bond donors (Lipinski definition) is 2. The fourth-order valence-corrected chi connectivity index (χ4v) is 3.10. The predicted octanol–water partition coefficient (Wildman–Crippen LogP) is -0.0556. The number of thioether (sulfide) groups is 1. The summed E-state index contributed by atoms with van der Waals surface area (Å²) in [5, 5.41) is 5.97. The SMILES string of the molecule is CCNC(=O)N1CCN(C(=O)C2CSCN2)CC1.Cl. The summed E-state index contributed by atoms with van der Waals surface area (Å²) in [5.74, 6) is 1.89. The molecule has 0 spiro atoms. The Labute approximate surface area is 124 Å². The number of nitrogens with zero attached hydrogens (tertiary/aromatic N) is 2. The molecule has 19 heavy (non-hydrogen) atoms. The molecule has 2 rings (SSSR count). The van der Waals surface area contributed by atoms with E-state index in [4.69, 9.17) is 0 Å².